The third-order valence-corrected chi connectivity index (χ3v) is 4.16. The smallest absolute Gasteiger partial charge is 0.349 e. The summed E-state index contributed by atoms with van der Waals surface area (Å²) in [6.07, 6.45) is -2.19. The molecule has 7 nitrogen and oxygen atoms in total. The van der Waals surface area contributed by atoms with Gasteiger partial charge in [-0.2, -0.15) is 18.3 Å². The van der Waals surface area contributed by atoms with Crippen molar-refractivity contribution in [1.29, 1.82) is 0 Å². The molecule has 1 aromatic rings. The minimum atomic E-state index is -4.62. The van der Waals surface area contributed by atoms with E-state index in [1.54, 1.807) is 0 Å². The largest absolute Gasteiger partial charge is 0.435 e. The van der Waals surface area contributed by atoms with Crippen LogP contribution in [0.4, 0.5) is 13.2 Å². The minimum Gasteiger partial charge on any atom is -0.349 e. The zero-order valence-electron chi connectivity index (χ0n) is 13.3. The first-order valence-electron chi connectivity index (χ1n) is 8.05. The van der Waals surface area contributed by atoms with Crippen molar-refractivity contribution in [2.45, 2.75) is 44.3 Å². The van der Waals surface area contributed by atoms with Crippen molar-refractivity contribution in [3.05, 3.63) is 17.5 Å². The first-order chi connectivity index (χ1) is 11.8. The second-order valence-corrected chi connectivity index (χ2v) is 6.14. The molecule has 2 heterocycles. The van der Waals surface area contributed by atoms with Crippen LogP contribution in [0.3, 0.4) is 0 Å². The first kappa shape index (κ1) is 17.4. The molecule has 1 aromatic heterocycles. The van der Waals surface area contributed by atoms with E-state index < -0.39 is 17.8 Å². The highest BCUT2D eigenvalue weighted by Gasteiger charge is 2.38. The summed E-state index contributed by atoms with van der Waals surface area (Å²) in [7, 11) is 0. The first-order valence-corrected chi connectivity index (χ1v) is 8.05. The lowest BCUT2D eigenvalue weighted by molar-refractivity contribution is -0.148. The summed E-state index contributed by atoms with van der Waals surface area (Å²) in [6.45, 7) is -0.0133. The molecule has 10 heteroatoms. The second-order valence-electron chi connectivity index (χ2n) is 6.14. The molecule has 2 fully saturated rings. The van der Waals surface area contributed by atoms with Crippen LogP contribution in [0.15, 0.2) is 6.07 Å². The second kappa shape index (κ2) is 6.49. The monoisotopic (exact) mass is 358 g/mol. The average Bonchev–Trinajstić information content (AvgIpc) is 3.26. The number of nitrogens with one attached hydrogen (secondary N) is 1. The molecular weight excluding hydrogens is 341 g/mol. The van der Waals surface area contributed by atoms with E-state index >= 15 is 0 Å². The van der Waals surface area contributed by atoms with Gasteiger partial charge in [0, 0.05) is 32.0 Å². The number of carbonyl (C=O) groups is 3. The Morgan fingerprint density at radius 2 is 1.88 bits per heavy atom. The SMILES string of the molecule is O=C(NCCN1C(=O)CCCC1=O)c1cc(C(F)(F)F)nn1C1CC1. The van der Waals surface area contributed by atoms with Crippen molar-refractivity contribution >= 4 is 17.7 Å². The van der Waals surface area contributed by atoms with Crippen molar-refractivity contribution in [2.24, 2.45) is 0 Å². The summed E-state index contributed by atoms with van der Waals surface area (Å²) in [5.74, 6) is -1.30. The lowest BCUT2D eigenvalue weighted by atomic mass is 10.1. The van der Waals surface area contributed by atoms with Gasteiger partial charge < -0.3 is 5.32 Å². The number of amides is 3. The fourth-order valence-electron chi connectivity index (χ4n) is 2.72. The summed E-state index contributed by atoms with van der Waals surface area (Å²) < 4.78 is 39.6. The van der Waals surface area contributed by atoms with Gasteiger partial charge in [0.15, 0.2) is 5.69 Å². The molecule has 1 aliphatic heterocycles. The van der Waals surface area contributed by atoms with Gasteiger partial charge in [0.05, 0.1) is 6.04 Å². The molecule has 136 valence electrons. The predicted molar refractivity (Wildman–Crippen MR) is 78.4 cm³/mol. The van der Waals surface area contributed by atoms with E-state index in [0.717, 1.165) is 15.6 Å². The van der Waals surface area contributed by atoms with E-state index in [2.05, 4.69) is 10.4 Å². The summed E-state index contributed by atoms with van der Waals surface area (Å²) in [6, 6.07) is 0.535. The Bertz CT molecular complexity index is 693. The third kappa shape index (κ3) is 3.83. The highest BCUT2D eigenvalue weighted by Crippen LogP contribution is 2.37. The Labute approximate surface area is 141 Å². The number of imide groups is 1. The number of piperidine rings is 1. The minimum absolute atomic E-state index is 0.00704. The van der Waals surface area contributed by atoms with Gasteiger partial charge in [-0.1, -0.05) is 0 Å². The van der Waals surface area contributed by atoms with Crippen LogP contribution in [0.1, 0.15) is 54.3 Å². The maximum absolute atomic E-state index is 12.8. The van der Waals surface area contributed by atoms with Crippen molar-refractivity contribution < 1.29 is 27.6 Å². The van der Waals surface area contributed by atoms with Gasteiger partial charge in [0.2, 0.25) is 11.8 Å². The molecule has 1 saturated heterocycles. The molecule has 1 saturated carbocycles. The number of aromatic nitrogens is 2. The average molecular weight is 358 g/mol. The Morgan fingerprint density at radius 3 is 2.44 bits per heavy atom. The Morgan fingerprint density at radius 1 is 1.24 bits per heavy atom. The van der Waals surface area contributed by atoms with Crippen LogP contribution in [0.25, 0.3) is 0 Å². The van der Waals surface area contributed by atoms with Crippen LogP contribution in [-0.2, 0) is 15.8 Å². The molecule has 0 spiro atoms. The molecule has 0 atom stereocenters. The highest BCUT2D eigenvalue weighted by atomic mass is 19.4. The van der Waals surface area contributed by atoms with Crippen LogP contribution < -0.4 is 5.32 Å². The molecule has 25 heavy (non-hydrogen) atoms. The van der Waals surface area contributed by atoms with E-state index in [-0.39, 0.29) is 49.5 Å². The number of halogens is 3. The summed E-state index contributed by atoms with van der Waals surface area (Å²) >= 11 is 0. The van der Waals surface area contributed by atoms with Gasteiger partial charge in [-0.25, -0.2) is 0 Å². The Balaban J connectivity index is 1.64. The van der Waals surface area contributed by atoms with Gasteiger partial charge in [0.1, 0.15) is 5.69 Å². The van der Waals surface area contributed by atoms with Crippen LogP contribution >= 0.6 is 0 Å². The predicted octanol–water partition coefficient (Wildman–Crippen LogP) is 1.51. The summed E-state index contributed by atoms with van der Waals surface area (Å²) in [5.41, 5.74) is -1.27. The van der Waals surface area contributed by atoms with E-state index in [9.17, 15) is 27.6 Å². The molecule has 3 rings (SSSR count). The van der Waals surface area contributed by atoms with Crippen LogP contribution in [0, 0.1) is 0 Å². The van der Waals surface area contributed by atoms with Gasteiger partial charge in [-0.3, -0.25) is 24.0 Å². The van der Waals surface area contributed by atoms with Crippen molar-refractivity contribution in [3.8, 4) is 0 Å². The quantitative estimate of drug-likeness (QED) is 0.809. The maximum atomic E-state index is 12.8. The van der Waals surface area contributed by atoms with Crippen molar-refractivity contribution in [2.75, 3.05) is 13.1 Å². The Kier molecular flexibility index (Phi) is 4.53. The normalized spacial score (nSPS) is 18.6. The molecule has 0 radical (unpaired) electrons. The van der Waals surface area contributed by atoms with Gasteiger partial charge in [0.25, 0.3) is 5.91 Å². The number of hydrogen-bond acceptors (Lipinski definition) is 4. The van der Waals surface area contributed by atoms with E-state index in [1.807, 2.05) is 0 Å². The maximum Gasteiger partial charge on any atom is 0.435 e. The van der Waals surface area contributed by atoms with Crippen LogP contribution in [0.2, 0.25) is 0 Å². The zero-order valence-corrected chi connectivity index (χ0v) is 13.3. The lowest BCUT2D eigenvalue weighted by Gasteiger charge is -2.24. The van der Waals surface area contributed by atoms with Crippen molar-refractivity contribution in [1.82, 2.24) is 20.0 Å². The van der Waals surface area contributed by atoms with Gasteiger partial charge in [-0.05, 0) is 19.3 Å². The summed E-state index contributed by atoms with van der Waals surface area (Å²) in [4.78, 5) is 36.6. The number of alkyl halides is 3. The molecule has 3 amide bonds. The zero-order chi connectivity index (χ0) is 18.2. The van der Waals surface area contributed by atoms with Gasteiger partial charge >= 0.3 is 6.18 Å². The number of likely N-dealkylation sites (tertiary alicyclic amines) is 1. The Hall–Kier alpha value is -2.39. The molecule has 1 N–H and O–H groups in total. The fraction of sp³-hybridized carbons (Fsp3) is 0.600. The molecule has 2 aliphatic rings. The number of carbonyl (C=O) groups excluding carboxylic acids is 3. The standard InChI is InChI=1S/C15H17F3N4O3/c16-15(17,18)11-8-10(22(20-11)9-4-5-9)14(25)19-6-7-21-12(23)2-1-3-13(21)24/h8-9H,1-7H2,(H,19,25). The number of nitrogens with zero attached hydrogens (tertiary/aromatic N) is 3. The molecular formula is C15H17F3N4O3. The van der Waals surface area contributed by atoms with E-state index in [1.165, 1.54) is 0 Å². The topological polar surface area (TPSA) is 84.3 Å². The van der Waals surface area contributed by atoms with Crippen LogP contribution in [-0.4, -0.2) is 45.5 Å². The van der Waals surface area contributed by atoms with Gasteiger partial charge in [-0.15, -0.1) is 0 Å². The molecule has 0 bridgehead atoms. The molecule has 0 unspecified atom stereocenters. The van der Waals surface area contributed by atoms with E-state index in [0.29, 0.717) is 19.3 Å². The summed E-state index contributed by atoms with van der Waals surface area (Å²) in [5, 5.41) is 5.96. The highest BCUT2D eigenvalue weighted by molar-refractivity contribution is 5.97. The number of rotatable bonds is 5. The van der Waals surface area contributed by atoms with E-state index in [4.69, 9.17) is 0 Å². The third-order valence-electron chi connectivity index (χ3n) is 4.16. The number of hydrogen-bond donors (Lipinski definition) is 1. The molecule has 1 aliphatic carbocycles. The molecule has 0 aromatic carbocycles. The van der Waals surface area contributed by atoms with Crippen LogP contribution in [0.5, 0.6) is 0 Å². The lowest BCUT2D eigenvalue weighted by Crippen LogP contribution is -2.44. The van der Waals surface area contributed by atoms with Crippen molar-refractivity contribution in [3.63, 3.8) is 0 Å². The fourth-order valence-corrected chi connectivity index (χ4v) is 2.72.